The minimum absolute atomic E-state index is 0. The lowest BCUT2D eigenvalue weighted by Crippen LogP contribution is -2.38. The van der Waals surface area contributed by atoms with E-state index < -0.39 is 0 Å². The van der Waals surface area contributed by atoms with Crippen LogP contribution in [0.4, 0.5) is 23.3 Å². The molecular formula is C18H27ClN6O4. The summed E-state index contributed by atoms with van der Waals surface area (Å²) in [4.78, 5) is 11.0. The van der Waals surface area contributed by atoms with Crippen molar-refractivity contribution in [3.8, 4) is 11.5 Å². The molecule has 29 heavy (non-hydrogen) atoms. The standard InChI is InChI=1S/C18H24N6O3.ClH.H2O/c1-25-13-4-3-11(9-14(13)26-2)12-10-20-16-15(21-12)17(23-18(19)22-16)24-5-7-27-8-6-24;;/h3-4,9,12,21H,5-8,10H2,1-2H3,(H3,19,20,22,23);1H;1H2. The zero-order valence-electron chi connectivity index (χ0n) is 16.4. The molecule has 0 amide bonds. The molecule has 1 aromatic carbocycles. The molecule has 0 radical (unpaired) electrons. The highest BCUT2D eigenvalue weighted by atomic mass is 35.5. The first-order valence-electron chi connectivity index (χ1n) is 8.92. The smallest absolute Gasteiger partial charge is 0.224 e. The molecule has 1 atom stereocenters. The molecule has 1 saturated heterocycles. The van der Waals surface area contributed by atoms with Crippen LogP contribution in [0.1, 0.15) is 11.6 Å². The Morgan fingerprint density at radius 2 is 1.86 bits per heavy atom. The maximum atomic E-state index is 5.93. The van der Waals surface area contributed by atoms with Crippen LogP contribution in [0.5, 0.6) is 11.5 Å². The van der Waals surface area contributed by atoms with Gasteiger partial charge in [0, 0.05) is 19.6 Å². The molecule has 1 unspecified atom stereocenters. The Morgan fingerprint density at radius 3 is 2.55 bits per heavy atom. The van der Waals surface area contributed by atoms with Crippen molar-refractivity contribution in [1.82, 2.24) is 9.97 Å². The molecule has 6 N–H and O–H groups in total. The quantitative estimate of drug-likeness (QED) is 0.655. The molecule has 2 aliphatic heterocycles. The number of hydrogen-bond acceptors (Lipinski definition) is 9. The second kappa shape index (κ2) is 9.68. The Bertz CT molecular complexity index is 834. The number of halogens is 1. The predicted molar refractivity (Wildman–Crippen MR) is 115 cm³/mol. The second-order valence-electron chi connectivity index (χ2n) is 6.42. The van der Waals surface area contributed by atoms with Crippen LogP contribution in [-0.2, 0) is 4.74 Å². The topological polar surface area (TPSA) is 138 Å². The largest absolute Gasteiger partial charge is 0.493 e. The number of rotatable bonds is 4. The molecule has 1 aromatic heterocycles. The minimum atomic E-state index is 0. The van der Waals surface area contributed by atoms with Gasteiger partial charge in [-0.3, -0.25) is 0 Å². The number of fused-ring (bicyclic) bond motifs is 1. The molecule has 0 spiro atoms. The molecular weight excluding hydrogens is 400 g/mol. The lowest BCUT2D eigenvalue weighted by Gasteiger charge is -2.34. The normalized spacial score (nSPS) is 17.6. The predicted octanol–water partition coefficient (Wildman–Crippen LogP) is 1.09. The van der Waals surface area contributed by atoms with Crippen molar-refractivity contribution < 1.29 is 19.7 Å². The fourth-order valence-electron chi connectivity index (χ4n) is 3.43. The Morgan fingerprint density at radius 1 is 1.14 bits per heavy atom. The Hall–Kier alpha value is -2.69. The van der Waals surface area contributed by atoms with Gasteiger partial charge in [-0.05, 0) is 17.7 Å². The van der Waals surface area contributed by atoms with Gasteiger partial charge in [-0.25, -0.2) is 0 Å². The number of nitrogens with one attached hydrogen (secondary N) is 2. The van der Waals surface area contributed by atoms with Gasteiger partial charge < -0.3 is 41.0 Å². The zero-order chi connectivity index (χ0) is 18.8. The van der Waals surface area contributed by atoms with E-state index in [0.29, 0.717) is 31.3 Å². The van der Waals surface area contributed by atoms with Gasteiger partial charge in [-0.15, -0.1) is 12.4 Å². The highest BCUT2D eigenvalue weighted by Gasteiger charge is 2.27. The SMILES string of the molecule is COc1ccc(C2CNc3nc(N)nc(N4CCOCC4)c3N2)cc1OC.Cl.O. The third-order valence-corrected chi connectivity index (χ3v) is 4.82. The average Bonchev–Trinajstić information content (AvgIpc) is 2.73. The van der Waals surface area contributed by atoms with E-state index in [1.165, 1.54) is 0 Å². The summed E-state index contributed by atoms with van der Waals surface area (Å²) in [5, 5.41) is 6.95. The lowest BCUT2D eigenvalue weighted by molar-refractivity contribution is 0.122. The van der Waals surface area contributed by atoms with Crippen molar-refractivity contribution in [3.05, 3.63) is 23.8 Å². The summed E-state index contributed by atoms with van der Waals surface area (Å²) in [6, 6.07) is 5.95. The van der Waals surface area contributed by atoms with Crippen molar-refractivity contribution >= 4 is 35.7 Å². The third-order valence-electron chi connectivity index (χ3n) is 4.82. The number of ether oxygens (including phenoxy) is 3. The van der Waals surface area contributed by atoms with E-state index in [0.717, 1.165) is 36.0 Å². The molecule has 4 rings (SSSR count). The third kappa shape index (κ3) is 4.50. The van der Waals surface area contributed by atoms with Gasteiger partial charge in [-0.2, -0.15) is 9.97 Å². The zero-order valence-corrected chi connectivity index (χ0v) is 17.2. The van der Waals surface area contributed by atoms with E-state index in [9.17, 15) is 0 Å². The van der Waals surface area contributed by atoms with Crippen LogP contribution in [0.25, 0.3) is 0 Å². The summed E-state index contributed by atoms with van der Waals surface area (Å²) < 4.78 is 16.2. The van der Waals surface area contributed by atoms with Gasteiger partial charge in [0.1, 0.15) is 5.69 Å². The molecule has 0 bridgehead atoms. The molecule has 11 heteroatoms. The van der Waals surface area contributed by atoms with Crippen LogP contribution in [0.15, 0.2) is 18.2 Å². The van der Waals surface area contributed by atoms with E-state index >= 15 is 0 Å². The number of nitrogens with two attached hydrogens (primary N) is 1. The maximum Gasteiger partial charge on any atom is 0.224 e. The van der Waals surface area contributed by atoms with Crippen molar-refractivity contribution in [1.29, 1.82) is 0 Å². The van der Waals surface area contributed by atoms with E-state index in [4.69, 9.17) is 19.9 Å². The molecule has 0 saturated carbocycles. The van der Waals surface area contributed by atoms with Crippen LogP contribution in [0.2, 0.25) is 0 Å². The van der Waals surface area contributed by atoms with Gasteiger partial charge in [-0.1, -0.05) is 6.07 Å². The molecule has 10 nitrogen and oxygen atoms in total. The van der Waals surface area contributed by atoms with Gasteiger partial charge in [0.15, 0.2) is 23.1 Å². The van der Waals surface area contributed by atoms with E-state index in [1.807, 2.05) is 18.2 Å². The van der Waals surface area contributed by atoms with Gasteiger partial charge in [0.05, 0.1) is 33.5 Å². The maximum absolute atomic E-state index is 5.93. The summed E-state index contributed by atoms with van der Waals surface area (Å²) in [7, 11) is 3.27. The molecule has 1 fully saturated rings. The van der Waals surface area contributed by atoms with E-state index in [2.05, 4.69) is 25.5 Å². The number of morpholine rings is 1. The number of nitrogens with zero attached hydrogens (tertiary/aromatic N) is 3. The lowest BCUT2D eigenvalue weighted by atomic mass is 10.0. The van der Waals surface area contributed by atoms with Gasteiger partial charge >= 0.3 is 0 Å². The first-order valence-corrected chi connectivity index (χ1v) is 8.92. The van der Waals surface area contributed by atoms with Crippen molar-refractivity contribution in [2.45, 2.75) is 6.04 Å². The summed E-state index contributed by atoms with van der Waals surface area (Å²) in [5.41, 5.74) is 7.86. The van der Waals surface area contributed by atoms with E-state index in [1.54, 1.807) is 14.2 Å². The van der Waals surface area contributed by atoms with Gasteiger partial charge in [0.2, 0.25) is 5.95 Å². The highest BCUT2D eigenvalue weighted by Crippen LogP contribution is 2.39. The Labute approximate surface area is 175 Å². The van der Waals surface area contributed by atoms with E-state index in [-0.39, 0.29) is 29.9 Å². The number of aromatic nitrogens is 2. The summed E-state index contributed by atoms with van der Waals surface area (Å²) in [5.74, 6) is 3.19. The van der Waals surface area contributed by atoms with Crippen LogP contribution >= 0.6 is 12.4 Å². The fourth-order valence-corrected chi connectivity index (χ4v) is 3.43. The number of hydrogen-bond donors (Lipinski definition) is 3. The molecule has 2 aliphatic rings. The highest BCUT2D eigenvalue weighted by molar-refractivity contribution is 5.85. The summed E-state index contributed by atoms with van der Waals surface area (Å²) in [6.07, 6.45) is 0. The number of benzene rings is 1. The summed E-state index contributed by atoms with van der Waals surface area (Å²) >= 11 is 0. The molecule has 0 aliphatic carbocycles. The Balaban J connectivity index is 0.00000150. The summed E-state index contributed by atoms with van der Waals surface area (Å²) in [6.45, 7) is 3.55. The minimum Gasteiger partial charge on any atom is -0.493 e. The van der Waals surface area contributed by atoms with Crippen molar-refractivity contribution in [2.75, 3.05) is 68.3 Å². The molecule has 160 valence electrons. The number of methoxy groups -OCH3 is 2. The Kier molecular flexibility index (Phi) is 7.54. The molecule has 3 heterocycles. The van der Waals surface area contributed by atoms with Crippen molar-refractivity contribution in [2.24, 2.45) is 0 Å². The molecule has 2 aromatic rings. The first kappa shape index (κ1) is 22.6. The van der Waals surface area contributed by atoms with Gasteiger partial charge in [0.25, 0.3) is 0 Å². The van der Waals surface area contributed by atoms with Crippen LogP contribution < -0.4 is 30.7 Å². The number of nitrogen functional groups attached to an aromatic ring is 1. The number of anilines is 4. The monoisotopic (exact) mass is 426 g/mol. The average molecular weight is 427 g/mol. The second-order valence-corrected chi connectivity index (χ2v) is 6.42. The van der Waals surface area contributed by atoms with Crippen LogP contribution in [0, 0.1) is 0 Å². The van der Waals surface area contributed by atoms with Crippen LogP contribution in [0.3, 0.4) is 0 Å². The fraction of sp³-hybridized carbons (Fsp3) is 0.444. The first-order chi connectivity index (χ1) is 13.2. The van der Waals surface area contributed by atoms with Crippen molar-refractivity contribution in [3.63, 3.8) is 0 Å². The van der Waals surface area contributed by atoms with Crippen LogP contribution in [-0.4, -0.2) is 62.5 Å².